The van der Waals surface area contributed by atoms with Gasteiger partial charge in [0, 0.05) is 45.2 Å². The van der Waals surface area contributed by atoms with Gasteiger partial charge in [0.25, 0.3) is 5.91 Å². The number of carbonyl (C=O) groups excluding carboxylic acids is 2. The van der Waals surface area contributed by atoms with E-state index in [0.29, 0.717) is 25.4 Å². The van der Waals surface area contributed by atoms with Crippen molar-refractivity contribution in [2.45, 2.75) is 38.3 Å². The molecule has 0 aromatic heterocycles. The molecule has 0 bridgehead atoms. The van der Waals surface area contributed by atoms with Crippen molar-refractivity contribution in [1.29, 1.82) is 0 Å². The van der Waals surface area contributed by atoms with Gasteiger partial charge in [-0.05, 0) is 67.1 Å². The normalized spacial score (nSPS) is 21.0. The average molecular weight is 492 g/mol. The zero-order valence-corrected chi connectivity index (χ0v) is 20.9. The molecule has 0 spiro atoms. The van der Waals surface area contributed by atoms with Gasteiger partial charge >= 0.3 is 0 Å². The third-order valence-corrected chi connectivity index (χ3v) is 7.47. The molecular weight excluding hydrogens is 457 g/mol. The number of benzene rings is 2. The van der Waals surface area contributed by atoms with Crippen molar-refractivity contribution in [1.82, 2.24) is 14.7 Å². The Bertz CT molecular complexity index is 1120. The van der Waals surface area contributed by atoms with Crippen molar-refractivity contribution in [2.75, 3.05) is 39.3 Å². The number of fused-ring (bicyclic) bond motifs is 1. The van der Waals surface area contributed by atoms with Crippen LogP contribution in [0, 0.1) is 11.7 Å². The summed E-state index contributed by atoms with van der Waals surface area (Å²) in [7, 11) is 0. The first-order valence-corrected chi connectivity index (χ1v) is 12.9. The summed E-state index contributed by atoms with van der Waals surface area (Å²) in [5.74, 6) is 0.544. The fourth-order valence-electron chi connectivity index (χ4n) is 5.32. The van der Waals surface area contributed by atoms with Crippen LogP contribution in [0.15, 0.2) is 55.1 Å². The Morgan fingerprint density at radius 3 is 2.47 bits per heavy atom. The Morgan fingerprint density at radius 2 is 1.81 bits per heavy atom. The Balaban J connectivity index is 1.35. The number of ether oxygens (including phenoxy) is 1. The van der Waals surface area contributed by atoms with Crippen molar-refractivity contribution in [3.8, 4) is 5.75 Å². The molecule has 2 aliphatic heterocycles. The number of amides is 2. The summed E-state index contributed by atoms with van der Waals surface area (Å²) in [5, 5.41) is 0. The molecule has 2 amide bonds. The first-order valence-electron chi connectivity index (χ1n) is 12.9. The lowest BCUT2D eigenvalue weighted by Gasteiger charge is -2.38. The number of nitrogens with zero attached hydrogens (tertiary/aromatic N) is 3. The van der Waals surface area contributed by atoms with E-state index in [0.717, 1.165) is 55.6 Å². The minimum Gasteiger partial charge on any atom is -0.481 e. The Morgan fingerprint density at radius 1 is 1.08 bits per heavy atom. The zero-order valence-electron chi connectivity index (χ0n) is 20.9. The van der Waals surface area contributed by atoms with Gasteiger partial charge in [-0.25, -0.2) is 4.39 Å². The highest BCUT2D eigenvalue weighted by molar-refractivity contribution is 5.82. The van der Waals surface area contributed by atoms with E-state index in [-0.39, 0.29) is 29.6 Å². The summed E-state index contributed by atoms with van der Waals surface area (Å²) in [6, 6.07) is 12.0. The fourth-order valence-corrected chi connectivity index (χ4v) is 5.32. The van der Waals surface area contributed by atoms with Gasteiger partial charge in [-0.3, -0.25) is 14.5 Å². The van der Waals surface area contributed by atoms with E-state index >= 15 is 0 Å². The maximum atomic E-state index is 13.7. The predicted octanol–water partition coefficient (Wildman–Crippen LogP) is 3.81. The molecule has 36 heavy (non-hydrogen) atoms. The Hall–Kier alpha value is -3.19. The first-order chi connectivity index (χ1) is 17.4. The largest absolute Gasteiger partial charge is 0.481 e. The minimum atomic E-state index is -0.619. The second-order valence-electron chi connectivity index (χ2n) is 10.0. The van der Waals surface area contributed by atoms with E-state index < -0.39 is 6.10 Å². The molecule has 5 rings (SSSR count). The smallest absolute Gasteiger partial charge is 0.263 e. The molecule has 2 fully saturated rings. The molecule has 7 heteroatoms. The van der Waals surface area contributed by atoms with Crippen LogP contribution in [0.25, 0.3) is 0 Å². The van der Waals surface area contributed by atoms with Crippen molar-refractivity contribution in [3.05, 3.63) is 77.6 Å². The summed E-state index contributed by atoms with van der Waals surface area (Å²) < 4.78 is 19.8. The average Bonchev–Trinajstić information content (AvgIpc) is 3.74. The van der Waals surface area contributed by atoms with Crippen LogP contribution in [0.5, 0.6) is 5.75 Å². The summed E-state index contributed by atoms with van der Waals surface area (Å²) in [6.45, 7) is 10.1. The maximum Gasteiger partial charge on any atom is 0.263 e. The van der Waals surface area contributed by atoms with Crippen molar-refractivity contribution in [3.63, 3.8) is 0 Å². The molecule has 1 aliphatic carbocycles. The SMILES string of the molecule is C=CCN1CCN(C(=O)C(C)Oc2ccc3c(c2)C(c2ccc(F)cc2)N(C(=O)C2CC2)CC3)CC1. The molecule has 2 heterocycles. The number of piperazine rings is 1. The van der Waals surface area contributed by atoms with Gasteiger partial charge < -0.3 is 14.5 Å². The molecule has 2 atom stereocenters. The molecular formula is C29H34FN3O3. The zero-order chi connectivity index (χ0) is 25.2. The van der Waals surface area contributed by atoms with Crippen molar-refractivity contribution < 1.29 is 18.7 Å². The van der Waals surface area contributed by atoms with Gasteiger partial charge in [-0.2, -0.15) is 0 Å². The molecule has 0 N–H and O–H groups in total. The standard InChI is InChI=1S/C29H34FN3O3/c1-3-13-31-15-17-32(18-16-31)28(34)20(2)36-25-11-8-21-12-14-33(29(35)23-4-5-23)27(26(21)19-25)22-6-9-24(30)10-7-22/h3,6-11,19-20,23,27H,1,4-5,12-18H2,2H3. The van der Waals surface area contributed by atoms with E-state index in [2.05, 4.69) is 11.5 Å². The van der Waals surface area contributed by atoms with Crippen LogP contribution in [0.1, 0.15) is 42.5 Å². The highest BCUT2D eigenvalue weighted by Gasteiger charge is 2.39. The molecule has 1 saturated heterocycles. The van der Waals surface area contributed by atoms with E-state index in [1.165, 1.54) is 12.1 Å². The van der Waals surface area contributed by atoms with Gasteiger partial charge in [0.1, 0.15) is 11.6 Å². The predicted molar refractivity (Wildman–Crippen MR) is 136 cm³/mol. The number of hydrogen-bond donors (Lipinski definition) is 0. The molecule has 1 saturated carbocycles. The second kappa shape index (κ2) is 10.4. The van der Waals surface area contributed by atoms with Crippen LogP contribution in [0.4, 0.5) is 4.39 Å². The fraction of sp³-hybridized carbons (Fsp3) is 0.448. The summed E-state index contributed by atoms with van der Waals surface area (Å²) >= 11 is 0. The van der Waals surface area contributed by atoms with Crippen LogP contribution in [0.2, 0.25) is 0 Å². The summed E-state index contributed by atoms with van der Waals surface area (Å²) in [6.07, 6.45) is 3.89. The van der Waals surface area contributed by atoms with Crippen molar-refractivity contribution in [2.24, 2.45) is 5.92 Å². The van der Waals surface area contributed by atoms with Crippen LogP contribution < -0.4 is 4.74 Å². The summed E-state index contributed by atoms with van der Waals surface area (Å²) in [4.78, 5) is 32.3. The number of carbonyl (C=O) groups is 2. The molecule has 2 unspecified atom stereocenters. The molecule has 190 valence electrons. The quantitative estimate of drug-likeness (QED) is 0.553. The lowest BCUT2D eigenvalue weighted by atomic mass is 9.87. The lowest BCUT2D eigenvalue weighted by Crippen LogP contribution is -2.51. The highest BCUT2D eigenvalue weighted by Crippen LogP contribution is 2.41. The molecule has 3 aliphatic rings. The van der Waals surface area contributed by atoms with E-state index in [9.17, 15) is 14.0 Å². The van der Waals surface area contributed by atoms with E-state index in [1.54, 1.807) is 19.1 Å². The van der Waals surface area contributed by atoms with Crippen molar-refractivity contribution >= 4 is 11.8 Å². The van der Waals surface area contributed by atoms with Crippen LogP contribution in [0.3, 0.4) is 0 Å². The summed E-state index contributed by atoms with van der Waals surface area (Å²) in [5.41, 5.74) is 3.01. The van der Waals surface area contributed by atoms with Crippen LogP contribution in [-0.2, 0) is 16.0 Å². The second-order valence-corrected chi connectivity index (χ2v) is 10.0. The molecule has 0 radical (unpaired) electrons. The Kier molecular flexibility index (Phi) is 7.10. The van der Waals surface area contributed by atoms with E-state index in [1.807, 2.05) is 34.1 Å². The third kappa shape index (κ3) is 5.16. The van der Waals surface area contributed by atoms with Gasteiger partial charge in [-0.1, -0.05) is 24.3 Å². The molecule has 6 nitrogen and oxygen atoms in total. The topological polar surface area (TPSA) is 53.1 Å². The van der Waals surface area contributed by atoms with Gasteiger partial charge in [-0.15, -0.1) is 6.58 Å². The highest BCUT2D eigenvalue weighted by atomic mass is 19.1. The maximum absolute atomic E-state index is 13.7. The van der Waals surface area contributed by atoms with Gasteiger partial charge in [0.05, 0.1) is 6.04 Å². The number of hydrogen-bond acceptors (Lipinski definition) is 4. The monoisotopic (exact) mass is 491 g/mol. The van der Waals surface area contributed by atoms with Crippen LogP contribution in [-0.4, -0.2) is 71.9 Å². The minimum absolute atomic E-state index is 0.0217. The van der Waals surface area contributed by atoms with E-state index in [4.69, 9.17) is 4.74 Å². The number of rotatable bonds is 7. The lowest BCUT2D eigenvalue weighted by molar-refractivity contribution is -0.139. The number of halogens is 1. The third-order valence-electron chi connectivity index (χ3n) is 7.47. The van der Waals surface area contributed by atoms with Gasteiger partial charge in [0.2, 0.25) is 5.91 Å². The molecule has 2 aromatic carbocycles. The molecule has 2 aromatic rings. The van der Waals surface area contributed by atoms with Crippen LogP contribution >= 0.6 is 0 Å². The first kappa shape index (κ1) is 24.5. The Labute approximate surface area is 212 Å². The van der Waals surface area contributed by atoms with Gasteiger partial charge in [0.15, 0.2) is 6.10 Å².